The summed E-state index contributed by atoms with van der Waals surface area (Å²) >= 11 is 0. The summed E-state index contributed by atoms with van der Waals surface area (Å²) in [5, 5.41) is 2.97. The summed E-state index contributed by atoms with van der Waals surface area (Å²) in [6, 6.07) is 5.85. The van der Waals surface area contributed by atoms with Crippen molar-refractivity contribution in [3.05, 3.63) is 29.3 Å². The first-order valence-corrected chi connectivity index (χ1v) is 7.37. The average Bonchev–Trinajstić information content (AvgIpc) is 2.77. The Morgan fingerprint density at radius 3 is 2.52 bits per heavy atom. The molecule has 21 heavy (non-hydrogen) atoms. The Labute approximate surface area is 126 Å². The molecular weight excluding hydrogens is 264 g/mol. The zero-order valence-electron chi connectivity index (χ0n) is 13.5. The van der Waals surface area contributed by atoms with Gasteiger partial charge in [0.2, 0.25) is 11.8 Å². The van der Waals surface area contributed by atoms with E-state index in [1.807, 2.05) is 52.8 Å². The van der Waals surface area contributed by atoms with E-state index in [4.69, 9.17) is 0 Å². The van der Waals surface area contributed by atoms with Crippen molar-refractivity contribution in [3.63, 3.8) is 0 Å². The van der Waals surface area contributed by atoms with E-state index < -0.39 is 0 Å². The third-order valence-corrected chi connectivity index (χ3v) is 4.17. The number of nitrogens with one attached hydrogen (secondary N) is 1. The molecule has 1 aliphatic heterocycles. The molecule has 2 rings (SSSR count). The van der Waals surface area contributed by atoms with Gasteiger partial charge in [-0.05, 0) is 51.8 Å². The van der Waals surface area contributed by atoms with E-state index in [0.717, 1.165) is 16.8 Å². The fraction of sp³-hybridized carbons (Fsp3) is 0.529. The van der Waals surface area contributed by atoms with E-state index in [1.54, 1.807) is 4.90 Å². The molecule has 0 aliphatic carbocycles. The molecule has 0 radical (unpaired) electrons. The molecule has 1 aromatic carbocycles. The highest BCUT2D eigenvalue weighted by Gasteiger charge is 2.39. The number of likely N-dealkylation sites (tertiary alicyclic amines) is 1. The van der Waals surface area contributed by atoms with E-state index in [9.17, 15) is 9.59 Å². The van der Waals surface area contributed by atoms with Crippen molar-refractivity contribution in [2.45, 2.75) is 46.6 Å². The predicted octanol–water partition coefficient (Wildman–Crippen LogP) is 2.89. The number of carbonyl (C=O) groups is 2. The third-order valence-electron chi connectivity index (χ3n) is 4.17. The molecule has 4 heteroatoms. The van der Waals surface area contributed by atoms with Gasteiger partial charge in [0, 0.05) is 24.2 Å². The molecular formula is C17H24N2O2. The van der Waals surface area contributed by atoms with E-state index >= 15 is 0 Å². The molecule has 114 valence electrons. The van der Waals surface area contributed by atoms with Crippen LogP contribution in [0.4, 0.5) is 5.69 Å². The smallest absolute Gasteiger partial charge is 0.229 e. The van der Waals surface area contributed by atoms with Crippen molar-refractivity contribution in [2.75, 3.05) is 11.9 Å². The highest BCUT2D eigenvalue weighted by Crippen LogP contribution is 2.27. The molecule has 1 fully saturated rings. The quantitative estimate of drug-likeness (QED) is 0.909. The number of anilines is 1. The number of benzene rings is 1. The molecule has 1 saturated heterocycles. The molecule has 1 heterocycles. The first-order valence-electron chi connectivity index (χ1n) is 7.37. The molecule has 0 saturated carbocycles. The summed E-state index contributed by atoms with van der Waals surface area (Å²) in [6.07, 6.45) is 0.300. The Bertz CT molecular complexity index is 573. The zero-order valence-corrected chi connectivity index (χ0v) is 13.5. The predicted molar refractivity (Wildman–Crippen MR) is 84.1 cm³/mol. The van der Waals surface area contributed by atoms with E-state index in [2.05, 4.69) is 5.32 Å². The highest BCUT2D eigenvalue weighted by molar-refractivity contribution is 5.97. The van der Waals surface area contributed by atoms with Crippen LogP contribution in [0.5, 0.6) is 0 Å². The lowest BCUT2D eigenvalue weighted by atomic mass is 10.0. The van der Waals surface area contributed by atoms with Crippen LogP contribution in [-0.2, 0) is 9.59 Å². The Kier molecular flexibility index (Phi) is 4.08. The second-order valence-corrected chi connectivity index (χ2v) is 6.81. The minimum Gasteiger partial charge on any atom is -0.337 e. The fourth-order valence-corrected chi connectivity index (χ4v) is 2.65. The molecule has 1 unspecified atom stereocenters. The van der Waals surface area contributed by atoms with E-state index in [1.165, 1.54) is 0 Å². The van der Waals surface area contributed by atoms with Crippen LogP contribution in [0, 0.1) is 19.8 Å². The summed E-state index contributed by atoms with van der Waals surface area (Å²) in [5.41, 5.74) is 2.82. The van der Waals surface area contributed by atoms with Crippen LogP contribution >= 0.6 is 0 Å². The van der Waals surface area contributed by atoms with E-state index in [-0.39, 0.29) is 23.3 Å². The van der Waals surface area contributed by atoms with Crippen LogP contribution < -0.4 is 5.32 Å². The molecule has 2 amide bonds. The van der Waals surface area contributed by atoms with Gasteiger partial charge in [-0.3, -0.25) is 9.59 Å². The second kappa shape index (κ2) is 5.51. The van der Waals surface area contributed by atoms with Gasteiger partial charge in [-0.2, -0.15) is 0 Å². The Balaban J connectivity index is 2.09. The van der Waals surface area contributed by atoms with Crippen LogP contribution in [0.15, 0.2) is 18.2 Å². The van der Waals surface area contributed by atoms with Crippen molar-refractivity contribution >= 4 is 17.5 Å². The van der Waals surface area contributed by atoms with Crippen LogP contribution in [0.2, 0.25) is 0 Å². The largest absolute Gasteiger partial charge is 0.337 e. The van der Waals surface area contributed by atoms with Crippen LogP contribution in [-0.4, -0.2) is 28.8 Å². The second-order valence-electron chi connectivity index (χ2n) is 6.81. The van der Waals surface area contributed by atoms with Gasteiger partial charge in [0.25, 0.3) is 0 Å². The van der Waals surface area contributed by atoms with Gasteiger partial charge in [0.15, 0.2) is 0 Å². The first-order chi connectivity index (χ1) is 9.70. The number of aryl methyl sites for hydroxylation is 1. The molecule has 1 aromatic rings. The lowest BCUT2D eigenvalue weighted by Crippen LogP contribution is -2.42. The van der Waals surface area contributed by atoms with E-state index in [0.29, 0.717) is 13.0 Å². The minimum absolute atomic E-state index is 0.0589. The van der Waals surface area contributed by atoms with Gasteiger partial charge >= 0.3 is 0 Å². The number of nitrogens with zero attached hydrogens (tertiary/aromatic N) is 1. The Morgan fingerprint density at radius 1 is 1.29 bits per heavy atom. The number of hydrogen-bond acceptors (Lipinski definition) is 2. The molecule has 0 aromatic heterocycles. The first kappa shape index (κ1) is 15.5. The SMILES string of the molecule is Cc1cccc(NC(=O)C2CC(=O)N(C(C)(C)C)C2)c1C. The van der Waals surface area contributed by atoms with Gasteiger partial charge in [0.05, 0.1) is 5.92 Å². The van der Waals surface area contributed by atoms with Crippen molar-refractivity contribution in [3.8, 4) is 0 Å². The summed E-state index contributed by atoms with van der Waals surface area (Å²) in [6.45, 7) is 10.5. The topological polar surface area (TPSA) is 49.4 Å². The Morgan fingerprint density at radius 2 is 1.95 bits per heavy atom. The van der Waals surface area contributed by atoms with Crippen molar-refractivity contribution < 1.29 is 9.59 Å². The maximum atomic E-state index is 12.4. The van der Waals surface area contributed by atoms with Gasteiger partial charge in [-0.1, -0.05) is 12.1 Å². The lowest BCUT2D eigenvalue weighted by Gasteiger charge is -2.32. The highest BCUT2D eigenvalue weighted by atomic mass is 16.2. The maximum Gasteiger partial charge on any atom is 0.229 e. The maximum absolute atomic E-state index is 12.4. The van der Waals surface area contributed by atoms with Crippen molar-refractivity contribution in [1.29, 1.82) is 0 Å². The summed E-state index contributed by atoms with van der Waals surface area (Å²) in [5.74, 6) is -0.274. The third kappa shape index (κ3) is 3.26. The molecule has 1 atom stereocenters. The number of carbonyl (C=O) groups excluding carboxylic acids is 2. The fourth-order valence-electron chi connectivity index (χ4n) is 2.65. The van der Waals surface area contributed by atoms with Crippen LogP contribution in [0.25, 0.3) is 0 Å². The minimum atomic E-state index is -0.267. The average molecular weight is 288 g/mol. The van der Waals surface area contributed by atoms with Gasteiger partial charge in [0.1, 0.15) is 0 Å². The van der Waals surface area contributed by atoms with Crippen LogP contribution in [0.3, 0.4) is 0 Å². The molecule has 1 aliphatic rings. The number of rotatable bonds is 2. The standard InChI is InChI=1S/C17H24N2O2/c1-11-7-6-8-14(12(11)2)18-16(21)13-9-15(20)19(10-13)17(3,4)5/h6-8,13H,9-10H2,1-5H3,(H,18,21). The monoisotopic (exact) mass is 288 g/mol. The van der Waals surface area contributed by atoms with Crippen molar-refractivity contribution in [1.82, 2.24) is 4.90 Å². The number of hydrogen-bond donors (Lipinski definition) is 1. The Hall–Kier alpha value is -1.84. The van der Waals surface area contributed by atoms with Gasteiger partial charge in [-0.25, -0.2) is 0 Å². The summed E-state index contributed by atoms with van der Waals surface area (Å²) in [7, 11) is 0. The molecule has 0 spiro atoms. The molecule has 0 bridgehead atoms. The van der Waals surface area contributed by atoms with Gasteiger partial charge < -0.3 is 10.2 Å². The summed E-state index contributed by atoms with van der Waals surface area (Å²) < 4.78 is 0. The molecule has 1 N–H and O–H groups in total. The zero-order chi connectivity index (χ0) is 15.8. The molecule has 4 nitrogen and oxygen atoms in total. The number of amides is 2. The van der Waals surface area contributed by atoms with Crippen molar-refractivity contribution in [2.24, 2.45) is 5.92 Å². The van der Waals surface area contributed by atoms with Crippen LogP contribution in [0.1, 0.15) is 38.3 Å². The normalized spacial score (nSPS) is 19.0. The lowest BCUT2D eigenvalue weighted by molar-refractivity contribution is -0.131. The van der Waals surface area contributed by atoms with Gasteiger partial charge in [-0.15, -0.1) is 0 Å². The summed E-state index contributed by atoms with van der Waals surface area (Å²) in [4.78, 5) is 26.3.